The number of nitrogens with one attached hydrogen (secondary N) is 1. The Hall–Kier alpha value is -1.40. The molecule has 2 amide bonds. The molecule has 6 heteroatoms. The summed E-state index contributed by atoms with van der Waals surface area (Å²) in [7, 11) is 3.44. The third kappa shape index (κ3) is 6.16. The lowest BCUT2D eigenvalue weighted by molar-refractivity contribution is -0.130. The quantitative estimate of drug-likeness (QED) is 0.773. The van der Waals surface area contributed by atoms with Crippen LogP contribution in [0.2, 0.25) is 0 Å². The zero-order valence-corrected chi connectivity index (χ0v) is 13.2. The van der Waals surface area contributed by atoms with E-state index in [4.69, 9.17) is 0 Å². The second-order valence-corrected chi connectivity index (χ2v) is 5.80. The van der Waals surface area contributed by atoms with Crippen LogP contribution in [0.4, 0.5) is 0 Å². The number of amides is 2. The molecule has 1 aromatic rings. The second kappa shape index (κ2) is 8.71. The van der Waals surface area contributed by atoms with E-state index >= 15 is 0 Å². The van der Waals surface area contributed by atoms with Crippen molar-refractivity contribution in [3.05, 3.63) is 22.4 Å². The van der Waals surface area contributed by atoms with E-state index in [1.54, 1.807) is 25.4 Å². The van der Waals surface area contributed by atoms with E-state index in [2.05, 4.69) is 11.4 Å². The lowest BCUT2D eigenvalue weighted by Gasteiger charge is -2.21. The predicted octanol–water partition coefficient (Wildman–Crippen LogP) is 0.817. The molecule has 0 aliphatic rings. The average Bonchev–Trinajstić information content (AvgIpc) is 2.90. The van der Waals surface area contributed by atoms with Gasteiger partial charge in [0.05, 0.1) is 13.1 Å². The Balaban J connectivity index is 2.26. The summed E-state index contributed by atoms with van der Waals surface area (Å²) in [6, 6.07) is 4.07. The first kappa shape index (κ1) is 16.7. The molecule has 1 rings (SSSR count). The van der Waals surface area contributed by atoms with E-state index in [1.165, 1.54) is 9.78 Å². The molecule has 5 nitrogen and oxygen atoms in total. The van der Waals surface area contributed by atoms with Crippen molar-refractivity contribution >= 4 is 23.2 Å². The number of nitrogens with zero attached hydrogens (tertiary/aromatic N) is 2. The Morgan fingerprint density at radius 2 is 2.05 bits per heavy atom. The topological polar surface area (TPSA) is 52.7 Å². The van der Waals surface area contributed by atoms with Crippen LogP contribution in [0.5, 0.6) is 0 Å². The van der Waals surface area contributed by atoms with Gasteiger partial charge in [0, 0.05) is 25.5 Å². The molecule has 0 spiro atoms. The number of likely N-dealkylation sites (N-methyl/N-ethyl adjacent to an activating group) is 2. The van der Waals surface area contributed by atoms with Gasteiger partial charge in [-0.05, 0) is 24.4 Å². The first-order valence-corrected chi connectivity index (χ1v) is 7.62. The number of thiophene rings is 1. The van der Waals surface area contributed by atoms with Gasteiger partial charge in [0.1, 0.15) is 0 Å². The van der Waals surface area contributed by atoms with E-state index < -0.39 is 0 Å². The number of carbonyl (C=O) groups is 2. The van der Waals surface area contributed by atoms with Crippen LogP contribution in [-0.2, 0) is 16.0 Å². The first-order chi connectivity index (χ1) is 9.52. The zero-order chi connectivity index (χ0) is 15.0. The van der Waals surface area contributed by atoms with Gasteiger partial charge in [-0.15, -0.1) is 11.3 Å². The van der Waals surface area contributed by atoms with Crippen molar-refractivity contribution in [2.24, 2.45) is 0 Å². The molecule has 0 aromatic carbocycles. The monoisotopic (exact) mass is 297 g/mol. The minimum atomic E-state index is -0.0324. The van der Waals surface area contributed by atoms with Crippen LogP contribution in [0, 0.1) is 0 Å². The molecular formula is C14H23N3O2S. The lowest BCUT2D eigenvalue weighted by Crippen LogP contribution is -2.42. The molecule has 1 heterocycles. The minimum absolute atomic E-state index is 0.0123. The molecule has 0 saturated carbocycles. The Bertz CT molecular complexity index is 418. The van der Waals surface area contributed by atoms with Crippen molar-refractivity contribution in [1.29, 1.82) is 0 Å². The molecule has 0 radical (unpaired) electrons. The third-order valence-electron chi connectivity index (χ3n) is 2.95. The molecule has 20 heavy (non-hydrogen) atoms. The van der Waals surface area contributed by atoms with Crippen LogP contribution < -0.4 is 5.32 Å². The van der Waals surface area contributed by atoms with E-state index in [-0.39, 0.29) is 24.9 Å². The van der Waals surface area contributed by atoms with Crippen molar-refractivity contribution in [1.82, 2.24) is 15.1 Å². The van der Waals surface area contributed by atoms with Crippen molar-refractivity contribution in [2.75, 3.05) is 40.3 Å². The lowest BCUT2D eigenvalue weighted by atomic mass is 10.3. The maximum absolute atomic E-state index is 11.8. The zero-order valence-electron chi connectivity index (χ0n) is 12.4. The summed E-state index contributed by atoms with van der Waals surface area (Å²) in [6.45, 7) is 3.81. The standard InChI is InChI=1S/C14H23N3O2S/c1-4-17(11-14(19)16(2)3)10-13(18)15-8-7-12-6-5-9-20-12/h5-6,9H,4,7-8,10-11H2,1-3H3,(H,15,18). The number of hydrogen-bond acceptors (Lipinski definition) is 4. The summed E-state index contributed by atoms with van der Waals surface area (Å²) in [5, 5.41) is 4.92. The summed E-state index contributed by atoms with van der Waals surface area (Å²) in [5.74, 6) is -0.0202. The Kier molecular flexibility index (Phi) is 7.25. The largest absolute Gasteiger partial charge is 0.355 e. The highest BCUT2D eigenvalue weighted by Crippen LogP contribution is 2.07. The highest BCUT2D eigenvalue weighted by Gasteiger charge is 2.13. The fraction of sp³-hybridized carbons (Fsp3) is 0.571. The average molecular weight is 297 g/mol. The fourth-order valence-corrected chi connectivity index (χ4v) is 2.36. The van der Waals surface area contributed by atoms with Crippen LogP contribution in [0.1, 0.15) is 11.8 Å². The Morgan fingerprint density at radius 3 is 2.60 bits per heavy atom. The van der Waals surface area contributed by atoms with Gasteiger partial charge in [-0.25, -0.2) is 0 Å². The summed E-state index contributed by atoms with van der Waals surface area (Å²) >= 11 is 1.69. The normalized spacial score (nSPS) is 10.6. The predicted molar refractivity (Wildman–Crippen MR) is 81.8 cm³/mol. The molecule has 0 aliphatic carbocycles. The van der Waals surface area contributed by atoms with Crippen LogP contribution in [0.15, 0.2) is 17.5 Å². The van der Waals surface area contributed by atoms with E-state index in [1.807, 2.05) is 23.3 Å². The van der Waals surface area contributed by atoms with Gasteiger partial charge in [-0.1, -0.05) is 13.0 Å². The summed E-state index contributed by atoms with van der Waals surface area (Å²) in [5.41, 5.74) is 0. The maximum Gasteiger partial charge on any atom is 0.236 e. The molecule has 0 fully saturated rings. The molecule has 0 bridgehead atoms. The number of hydrogen-bond donors (Lipinski definition) is 1. The van der Waals surface area contributed by atoms with E-state index in [9.17, 15) is 9.59 Å². The van der Waals surface area contributed by atoms with Gasteiger partial charge in [-0.3, -0.25) is 14.5 Å². The van der Waals surface area contributed by atoms with Crippen LogP contribution in [-0.4, -0.2) is 61.9 Å². The van der Waals surface area contributed by atoms with Crippen LogP contribution in [0.3, 0.4) is 0 Å². The van der Waals surface area contributed by atoms with E-state index in [0.717, 1.165) is 6.42 Å². The fourth-order valence-electron chi connectivity index (χ4n) is 1.65. The summed E-state index contributed by atoms with van der Waals surface area (Å²) < 4.78 is 0. The number of rotatable bonds is 8. The van der Waals surface area contributed by atoms with Crippen molar-refractivity contribution in [3.63, 3.8) is 0 Å². The van der Waals surface area contributed by atoms with Gasteiger partial charge >= 0.3 is 0 Å². The second-order valence-electron chi connectivity index (χ2n) is 4.77. The highest BCUT2D eigenvalue weighted by atomic mass is 32.1. The minimum Gasteiger partial charge on any atom is -0.355 e. The van der Waals surface area contributed by atoms with Crippen molar-refractivity contribution in [3.8, 4) is 0 Å². The van der Waals surface area contributed by atoms with E-state index in [0.29, 0.717) is 13.1 Å². The summed E-state index contributed by atoms with van der Waals surface area (Å²) in [6.07, 6.45) is 0.853. The molecule has 0 atom stereocenters. The molecular weight excluding hydrogens is 274 g/mol. The van der Waals surface area contributed by atoms with Gasteiger partial charge < -0.3 is 10.2 Å². The first-order valence-electron chi connectivity index (χ1n) is 6.74. The smallest absolute Gasteiger partial charge is 0.236 e. The molecule has 0 saturated heterocycles. The Morgan fingerprint density at radius 1 is 1.30 bits per heavy atom. The molecule has 0 aliphatic heterocycles. The molecule has 0 unspecified atom stereocenters. The Labute approximate surface area is 124 Å². The van der Waals surface area contributed by atoms with Gasteiger partial charge in [0.2, 0.25) is 11.8 Å². The van der Waals surface area contributed by atoms with Crippen molar-refractivity contribution in [2.45, 2.75) is 13.3 Å². The molecule has 1 aromatic heterocycles. The maximum atomic E-state index is 11.8. The van der Waals surface area contributed by atoms with Gasteiger partial charge in [0.15, 0.2) is 0 Å². The van der Waals surface area contributed by atoms with Crippen LogP contribution in [0.25, 0.3) is 0 Å². The summed E-state index contributed by atoms with van der Waals surface area (Å²) in [4.78, 5) is 28.1. The SMILES string of the molecule is CCN(CC(=O)NCCc1cccs1)CC(=O)N(C)C. The number of carbonyl (C=O) groups excluding carboxylic acids is 2. The molecule has 1 N–H and O–H groups in total. The van der Waals surface area contributed by atoms with Crippen molar-refractivity contribution < 1.29 is 9.59 Å². The van der Waals surface area contributed by atoms with Gasteiger partial charge in [-0.2, -0.15) is 0 Å². The van der Waals surface area contributed by atoms with Gasteiger partial charge in [0.25, 0.3) is 0 Å². The highest BCUT2D eigenvalue weighted by molar-refractivity contribution is 7.09. The van der Waals surface area contributed by atoms with Crippen LogP contribution >= 0.6 is 11.3 Å². The molecule has 112 valence electrons. The third-order valence-corrected chi connectivity index (χ3v) is 3.88.